The minimum absolute atomic E-state index is 0.887. The number of hydrogen-bond acceptors (Lipinski definition) is 3. The molecule has 0 saturated heterocycles. The van der Waals surface area contributed by atoms with Crippen molar-refractivity contribution in [2.45, 2.75) is 19.3 Å². The third-order valence-electron chi connectivity index (χ3n) is 3.39. The van der Waals surface area contributed by atoms with Gasteiger partial charge in [-0.05, 0) is 57.1 Å². The lowest BCUT2D eigenvalue weighted by atomic mass is 10.1. The van der Waals surface area contributed by atoms with E-state index in [0.29, 0.717) is 0 Å². The number of likely N-dealkylation sites (N-methyl/N-ethyl adjacent to an activating group) is 1. The number of aryl methyl sites for hydroxylation is 1. The van der Waals surface area contributed by atoms with E-state index >= 15 is 0 Å². The third kappa shape index (κ3) is 3.13. The van der Waals surface area contributed by atoms with Crippen molar-refractivity contribution in [2.75, 3.05) is 44.4 Å². The SMILES string of the molecule is CN(C)CCN1CCCCc2cc(N)ccc21. The maximum atomic E-state index is 5.87. The molecule has 1 aromatic carbocycles. The first kappa shape index (κ1) is 12.2. The molecule has 2 N–H and O–H groups in total. The molecular weight excluding hydrogens is 210 g/mol. The quantitative estimate of drug-likeness (QED) is 0.810. The summed E-state index contributed by atoms with van der Waals surface area (Å²) in [7, 11) is 4.25. The van der Waals surface area contributed by atoms with Gasteiger partial charge in [0.1, 0.15) is 0 Å². The molecule has 0 radical (unpaired) electrons. The highest BCUT2D eigenvalue weighted by Crippen LogP contribution is 2.27. The molecule has 17 heavy (non-hydrogen) atoms. The normalized spacial score (nSPS) is 15.8. The van der Waals surface area contributed by atoms with Crippen LogP contribution in [0.3, 0.4) is 0 Å². The van der Waals surface area contributed by atoms with Crippen LogP contribution >= 0.6 is 0 Å². The van der Waals surface area contributed by atoms with Gasteiger partial charge in [-0.3, -0.25) is 0 Å². The van der Waals surface area contributed by atoms with Crippen molar-refractivity contribution in [3.8, 4) is 0 Å². The number of nitrogens with zero attached hydrogens (tertiary/aromatic N) is 2. The summed E-state index contributed by atoms with van der Waals surface area (Å²) in [6, 6.07) is 6.35. The lowest BCUT2D eigenvalue weighted by molar-refractivity contribution is 0.413. The molecule has 0 atom stereocenters. The Labute approximate surface area is 104 Å². The van der Waals surface area contributed by atoms with Gasteiger partial charge < -0.3 is 15.5 Å². The molecule has 1 heterocycles. The van der Waals surface area contributed by atoms with E-state index in [0.717, 1.165) is 18.8 Å². The van der Waals surface area contributed by atoms with Crippen molar-refractivity contribution in [1.82, 2.24) is 4.90 Å². The second-order valence-electron chi connectivity index (χ2n) is 5.14. The Hall–Kier alpha value is -1.22. The second-order valence-corrected chi connectivity index (χ2v) is 5.14. The predicted octanol–water partition coefficient (Wildman–Crippen LogP) is 1.97. The summed E-state index contributed by atoms with van der Waals surface area (Å²) in [5.41, 5.74) is 9.57. The largest absolute Gasteiger partial charge is 0.399 e. The zero-order valence-electron chi connectivity index (χ0n) is 10.9. The molecule has 1 aliphatic heterocycles. The van der Waals surface area contributed by atoms with Crippen molar-refractivity contribution < 1.29 is 0 Å². The molecule has 2 rings (SSSR count). The molecule has 94 valence electrons. The van der Waals surface area contributed by atoms with Crippen LogP contribution in [0.15, 0.2) is 18.2 Å². The van der Waals surface area contributed by atoms with Crippen molar-refractivity contribution in [2.24, 2.45) is 0 Å². The van der Waals surface area contributed by atoms with Crippen LogP contribution in [0.5, 0.6) is 0 Å². The molecule has 0 unspecified atom stereocenters. The van der Waals surface area contributed by atoms with Gasteiger partial charge in [-0.25, -0.2) is 0 Å². The standard InChI is InChI=1S/C14H23N3/c1-16(2)9-10-17-8-4-3-5-12-11-13(15)6-7-14(12)17/h6-7,11H,3-5,8-10,15H2,1-2H3. The van der Waals surface area contributed by atoms with Gasteiger partial charge in [0.05, 0.1) is 0 Å². The van der Waals surface area contributed by atoms with Crippen LogP contribution in [0.4, 0.5) is 11.4 Å². The Morgan fingerprint density at radius 3 is 2.88 bits per heavy atom. The summed E-state index contributed by atoms with van der Waals surface area (Å²) in [4.78, 5) is 4.74. The van der Waals surface area contributed by atoms with Gasteiger partial charge in [0, 0.05) is 31.0 Å². The fraction of sp³-hybridized carbons (Fsp3) is 0.571. The van der Waals surface area contributed by atoms with Crippen molar-refractivity contribution >= 4 is 11.4 Å². The highest BCUT2D eigenvalue weighted by atomic mass is 15.2. The molecule has 0 fully saturated rings. The second kappa shape index (κ2) is 5.41. The number of nitrogen functional groups attached to an aromatic ring is 1. The van der Waals surface area contributed by atoms with Gasteiger partial charge in [0.15, 0.2) is 0 Å². The summed E-state index contributed by atoms with van der Waals surface area (Å²) in [6.45, 7) is 3.37. The topological polar surface area (TPSA) is 32.5 Å². The molecular formula is C14H23N3. The van der Waals surface area contributed by atoms with Crippen LogP contribution in [-0.4, -0.2) is 38.6 Å². The van der Waals surface area contributed by atoms with Crippen molar-refractivity contribution in [3.05, 3.63) is 23.8 Å². The number of benzene rings is 1. The summed E-state index contributed by atoms with van der Waals surface area (Å²) in [6.07, 6.45) is 3.72. The van der Waals surface area contributed by atoms with Crippen LogP contribution in [-0.2, 0) is 6.42 Å². The first-order chi connectivity index (χ1) is 8.16. The molecule has 0 amide bonds. The maximum absolute atomic E-state index is 5.87. The van der Waals surface area contributed by atoms with Gasteiger partial charge >= 0.3 is 0 Å². The van der Waals surface area contributed by atoms with Crippen LogP contribution in [0.2, 0.25) is 0 Å². The van der Waals surface area contributed by atoms with Crippen molar-refractivity contribution in [3.63, 3.8) is 0 Å². The van der Waals surface area contributed by atoms with Crippen LogP contribution in [0.25, 0.3) is 0 Å². The van der Waals surface area contributed by atoms with E-state index in [-0.39, 0.29) is 0 Å². The molecule has 0 aromatic heterocycles. The Morgan fingerprint density at radius 2 is 2.12 bits per heavy atom. The Kier molecular flexibility index (Phi) is 3.89. The van der Waals surface area contributed by atoms with Crippen LogP contribution in [0, 0.1) is 0 Å². The lowest BCUT2D eigenvalue weighted by Crippen LogP contribution is -2.32. The van der Waals surface area contributed by atoms with Gasteiger partial charge in [-0.1, -0.05) is 0 Å². The van der Waals surface area contributed by atoms with E-state index in [4.69, 9.17) is 5.73 Å². The zero-order chi connectivity index (χ0) is 12.3. The highest BCUT2D eigenvalue weighted by molar-refractivity contribution is 5.60. The Bertz CT molecular complexity index is 374. The Balaban J connectivity index is 2.18. The summed E-state index contributed by atoms with van der Waals surface area (Å²) >= 11 is 0. The minimum atomic E-state index is 0.887. The third-order valence-corrected chi connectivity index (χ3v) is 3.39. The monoisotopic (exact) mass is 233 g/mol. The average Bonchev–Trinajstić information content (AvgIpc) is 2.48. The summed E-state index contributed by atoms with van der Waals surface area (Å²) in [5.74, 6) is 0. The van der Waals surface area contributed by atoms with Crippen molar-refractivity contribution in [1.29, 1.82) is 0 Å². The Morgan fingerprint density at radius 1 is 1.29 bits per heavy atom. The summed E-state index contributed by atoms with van der Waals surface area (Å²) < 4.78 is 0. The first-order valence-corrected chi connectivity index (χ1v) is 6.45. The number of anilines is 2. The molecule has 0 saturated carbocycles. The molecule has 1 aromatic rings. The van der Waals surface area contributed by atoms with Gasteiger partial charge in [-0.2, -0.15) is 0 Å². The maximum Gasteiger partial charge on any atom is 0.0400 e. The number of nitrogens with two attached hydrogens (primary N) is 1. The summed E-state index contributed by atoms with van der Waals surface area (Å²) in [5, 5.41) is 0. The molecule has 0 spiro atoms. The zero-order valence-corrected chi connectivity index (χ0v) is 10.9. The van der Waals surface area contributed by atoms with E-state index in [9.17, 15) is 0 Å². The van der Waals surface area contributed by atoms with Crippen LogP contribution < -0.4 is 10.6 Å². The molecule has 1 aliphatic rings. The number of fused-ring (bicyclic) bond motifs is 1. The predicted molar refractivity (Wildman–Crippen MR) is 74.6 cm³/mol. The van der Waals surface area contributed by atoms with E-state index in [1.165, 1.54) is 37.1 Å². The van der Waals surface area contributed by atoms with Gasteiger partial charge in [0.2, 0.25) is 0 Å². The fourth-order valence-corrected chi connectivity index (χ4v) is 2.41. The van der Waals surface area contributed by atoms with E-state index in [1.807, 2.05) is 6.07 Å². The fourth-order valence-electron chi connectivity index (χ4n) is 2.41. The van der Waals surface area contributed by atoms with E-state index < -0.39 is 0 Å². The lowest BCUT2D eigenvalue weighted by Gasteiger charge is -2.26. The van der Waals surface area contributed by atoms with E-state index in [2.05, 4.69) is 36.0 Å². The minimum Gasteiger partial charge on any atom is -0.399 e. The number of rotatable bonds is 3. The van der Waals surface area contributed by atoms with E-state index in [1.54, 1.807) is 0 Å². The highest BCUT2D eigenvalue weighted by Gasteiger charge is 2.15. The number of hydrogen-bond donors (Lipinski definition) is 1. The smallest absolute Gasteiger partial charge is 0.0400 e. The molecule has 3 heteroatoms. The molecule has 0 aliphatic carbocycles. The first-order valence-electron chi connectivity index (χ1n) is 6.45. The van der Waals surface area contributed by atoms with Crippen LogP contribution in [0.1, 0.15) is 18.4 Å². The average molecular weight is 233 g/mol. The van der Waals surface area contributed by atoms with Gasteiger partial charge in [-0.15, -0.1) is 0 Å². The molecule has 3 nitrogen and oxygen atoms in total. The van der Waals surface area contributed by atoms with Gasteiger partial charge in [0.25, 0.3) is 0 Å². The molecule has 0 bridgehead atoms.